The van der Waals surface area contributed by atoms with Crippen molar-refractivity contribution in [1.82, 2.24) is 24.6 Å². The zero-order chi connectivity index (χ0) is 22.5. The van der Waals surface area contributed by atoms with E-state index in [9.17, 15) is 19.8 Å². The summed E-state index contributed by atoms with van der Waals surface area (Å²) in [7, 11) is 0. The van der Waals surface area contributed by atoms with E-state index in [0.717, 1.165) is 11.3 Å². The Bertz CT molecular complexity index is 1130. The summed E-state index contributed by atoms with van der Waals surface area (Å²) in [6.07, 6.45) is 3.40. The molecule has 2 N–H and O–H groups in total. The Balaban J connectivity index is 1.68. The van der Waals surface area contributed by atoms with E-state index in [1.807, 2.05) is 41.3 Å². The van der Waals surface area contributed by atoms with Crippen molar-refractivity contribution in [3.8, 4) is 16.9 Å². The molecule has 1 amide bonds. The lowest BCUT2D eigenvalue weighted by atomic mass is 10.1. The third kappa shape index (κ3) is 4.59. The first-order chi connectivity index (χ1) is 15.6. The highest BCUT2D eigenvalue weighted by Crippen LogP contribution is 2.19. The van der Waals surface area contributed by atoms with Crippen LogP contribution in [0.5, 0.6) is 0 Å². The van der Waals surface area contributed by atoms with Crippen LogP contribution in [0.4, 0.5) is 10.6 Å². The molecule has 0 bridgehead atoms. The molecule has 10 heteroatoms. The van der Waals surface area contributed by atoms with Gasteiger partial charge in [0.05, 0.1) is 11.4 Å². The number of hydrogen-bond acceptors (Lipinski definition) is 7. The van der Waals surface area contributed by atoms with Crippen molar-refractivity contribution in [3.63, 3.8) is 0 Å². The van der Waals surface area contributed by atoms with Gasteiger partial charge in [-0.05, 0) is 37.1 Å². The minimum Gasteiger partial charge on any atom is -0.465 e. The topological polar surface area (TPSA) is 125 Å². The van der Waals surface area contributed by atoms with Gasteiger partial charge in [-0.1, -0.05) is 12.1 Å². The number of carboxylic acid groups (broad SMARTS) is 1. The molecule has 0 aliphatic carbocycles. The van der Waals surface area contributed by atoms with Crippen molar-refractivity contribution in [3.05, 3.63) is 64.8 Å². The number of rotatable bonds is 6. The van der Waals surface area contributed by atoms with Gasteiger partial charge in [0.15, 0.2) is 5.82 Å². The summed E-state index contributed by atoms with van der Waals surface area (Å²) in [5.74, 6) is 0.295. The Labute approximate surface area is 184 Å². The fraction of sp³-hybridized carbons (Fsp3) is 0.318. The van der Waals surface area contributed by atoms with E-state index < -0.39 is 6.09 Å². The van der Waals surface area contributed by atoms with Crippen LogP contribution in [-0.4, -0.2) is 73.7 Å². The highest BCUT2D eigenvalue weighted by Gasteiger charge is 2.24. The van der Waals surface area contributed by atoms with E-state index in [-0.39, 0.29) is 12.2 Å². The van der Waals surface area contributed by atoms with Crippen molar-refractivity contribution >= 4 is 11.9 Å². The maximum atomic E-state index is 13.3. The minimum atomic E-state index is -0.963. The molecule has 32 heavy (non-hydrogen) atoms. The fourth-order valence-corrected chi connectivity index (χ4v) is 3.66. The van der Waals surface area contributed by atoms with E-state index in [1.54, 1.807) is 17.0 Å². The smallest absolute Gasteiger partial charge is 0.407 e. The predicted molar refractivity (Wildman–Crippen MR) is 118 cm³/mol. The monoisotopic (exact) mass is 436 g/mol. The number of hydrogen-bond donors (Lipinski definition) is 2. The zero-order valence-corrected chi connectivity index (χ0v) is 17.5. The summed E-state index contributed by atoms with van der Waals surface area (Å²) in [4.78, 5) is 32.2. The maximum absolute atomic E-state index is 13.3. The third-order valence-corrected chi connectivity index (χ3v) is 5.39. The first-order valence-electron chi connectivity index (χ1n) is 10.4. The molecule has 10 nitrogen and oxygen atoms in total. The van der Waals surface area contributed by atoms with Gasteiger partial charge in [0.2, 0.25) is 0 Å². The van der Waals surface area contributed by atoms with Crippen molar-refractivity contribution in [2.24, 2.45) is 0 Å². The number of anilines is 1. The molecule has 0 atom stereocenters. The van der Waals surface area contributed by atoms with Crippen LogP contribution in [0.1, 0.15) is 12.1 Å². The van der Waals surface area contributed by atoms with Crippen LogP contribution < -0.4 is 10.5 Å². The fourth-order valence-electron chi connectivity index (χ4n) is 3.66. The first kappa shape index (κ1) is 21.4. The molecule has 0 radical (unpaired) electrons. The second-order valence-electron chi connectivity index (χ2n) is 7.47. The van der Waals surface area contributed by atoms with Gasteiger partial charge in [0.25, 0.3) is 5.56 Å². The number of benzene rings is 1. The van der Waals surface area contributed by atoms with Gasteiger partial charge < -0.3 is 20.0 Å². The average Bonchev–Trinajstić information content (AvgIpc) is 2.84. The summed E-state index contributed by atoms with van der Waals surface area (Å²) in [5.41, 5.74) is 2.72. The Morgan fingerprint density at radius 1 is 1.06 bits per heavy atom. The van der Waals surface area contributed by atoms with E-state index in [4.69, 9.17) is 0 Å². The summed E-state index contributed by atoms with van der Waals surface area (Å²) < 4.78 is 1.55. The van der Waals surface area contributed by atoms with Crippen LogP contribution in [0, 0.1) is 0 Å². The van der Waals surface area contributed by atoms with Crippen molar-refractivity contribution in [2.45, 2.75) is 12.8 Å². The van der Waals surface area contributed by atoms with Crippen molar-refractivity contribution in [1.29, 1.82) is 0 Å². The number of aliphatic hydroxyl groups excluding tert-OH is 1. The molecule has 1 saturated heterocycles. The Hall–Kier alpha value is -3.79. The summed E-state index contributed by atoms with van der Waals surface area (Å²) in [6, 6.07) is 11.1. The first-order valence-corrected chi connectivity index (χ1v) is 10.4. The van der Waals surface area contributed by atoms with Crippen molar-refractivity contribution in [2.75, 3.05) is 37.7 Å². The number of aryl methyl sites for hydroxylation is 1. The molecular weight excluding hydrogens is 412 g/mol. The van der Waals surface area contributed by atoms with Gasteiger partial charge in [0, 0.05) is 56.4 Å². The molecule has 1 aliphatic rings. The number of aromatic nitrogens is 4. The van der Waals surface area contributed by atoms with Crippen LogP contribution in [0.15, 0.2) is 53.6 Å². The van der Waals surface area contributed by atoms with Gasteiger partial charge >= 0.3 is 6.09 Å². The summed E-state index contributed by atoms with van der Waals surface area (Å²) >= 11 is 0. The van der Waals surface area contributed by atoms with E-state index in [2.05, 4.69) is 15.2 Å². The van der Waals surface area contributed by atoms with E-state index >= 15 is 0 Å². The number of aliphatic hydroxyl groups is 1. The zero-order valence-electron chi connectivity index (χ0n) is 17.5. The van der Waals surface area contributed by atoms with Crippen molar-refractivity contribution < 1.29 is 15.0 Å². The SMILES string of the molecule is O=C(O)N1CCN(c2nc(CCCO)cn(-c3ccc(-c4cccnn4)cc3)c2=O)CC1. The van der Waals surface area contributed by atoms with Crippen LogP contribution in [0.2, 0.25) is 0 Å². The Kier molecular flexibility index (Phi) is 6.41. The lowest BCUT2D eigenvalue weighted by Gasteiger charge is -2.33. The van der Waals surface area contributed by atoms with Crippen LogP contribution in [0.25, 0.3) is 16.9 Å². The van der Waals surface area contributed by atoms with Crippen LogP contribution in [-0.2, 0) is 6.42 Å². The number of piperazine rings is 1. The highest BCUT2D eigenvalue weighted by molar-refractivity contribution is 5.65. The molecule has 1 fully saturated rings. The van der Waals surface area contributed by atoms with Gasteiger partial charge in [0.1, 0.15) is 0 Å². The lowest BCUT2D eigenvalue weighted by Crippen LogP contribution is -2.50. The van der Waals surface area contributed by atoms with E-state index in [1.165, 1.54) is 4.90 Å². The number of carbonyl (C=O) groups is 1. The maximum Gasteiger partial charge on any atom is 0.407 e. The van der Waals surface area contributed by atoms with Crippen LogP contribution >= 0.6 is 0 Å². The molecule has 1 aliphatic heterocycles. The molecule has 0 saturated carbocycles. The lowest BCUT2D eigenvalue weighted by molar-refractivity contribution is 0.142. The molecule has 0 unspecified atom stereocenters. The highest BCUT2D eigenvalue weighted by atomic mass is 16.4. The molecule has 3 heterocycles. The molecule has 1 aromatic carbocycles. The third-order valence-electron chi connectivity index (χ3n) is 5.39. The predicted octanol–water partition coefficient (Wildman–Crippen LogP) is 1.41. The van der Waals surface area contributed by atoms with Crippen LogP contribution in [0.3, 0.4) is 0 Å². The van der Waals surface area contributed by atoms with E-state index in [0.29, 0.717) is 56.2 Å². The Morgan fingerprint density at radius 3 is 2.44 bits per heavy atom. The van der Waals surface area contributed by atoms with Gasteiger partial charge in [-0.25, -0.2) is 9.78 Å². The molecular formula is C22H24N6O4. The molecule has 4 rings (SSSR count). The minimum absolute atomic E-state index is 0.0280. The molecule has 3 aromatic rings. The second-order valence-corrected chi connectivity index (χ2v) is 7.47. The number of amides is 1. The standard InChI is InChI=1S/C22H24N6O4/c29-14-2-3-17-15-28(18-7-5-16(6-8-18)19-4-1-9-23-25-19)21(30)20(24-17)26-10-12-27(13-11-26)22(31)32/h1,4-9,15,29H,2-3,10-14H2,(H,31,32). The second kappa shape index (κ2) is 9.56. The number of nitrogens with zero attached hydrogens (tertiary/aromatic N) is 6. The van der Waals surface area contributed by atoms with Gasteiger partial charge in [-0.2, -0.15) is 10.2 Å². The quantitative estimate of drug-likeness (QED) is 0.594. The average molecular weight is 436 g/mol. The normalized spacial score (nSPS) is 13.9. The summed E-state index contributed by atoms with van der Waals surface area (Å²) in [5, 5.41) is 26.4. The summed E-state index contributed by atoms with van der Waals surface area (Å²) in [6.45, 7) is 1.43. The molecule has 0 spiro atoms. The van der Waals surface area contributed by atoms with Gasteiger partial charge in [-0.15, -0.1) is 0 Å². The largest absolute Gasteiger partial charge is 0.465 e. The van der Waals surface area contributed by atoms with Gasteiger partial charge in [-0.3, -0.25) is 9.36 Å². The Morgan fingerprint density at radius 2 is 1.81 bits per heavy atom. The molecule has 166 valence electrons. The molecule has 2 aromatic heterocycles.